The molecule has 1 aromatic carbocycles. The second kappa shape index (κ2) is 3.71. The van der Waals surface area contributed by atoms with Crippen molar-refractivity contribution >= 4 is 21.7 Å². The Hall–Kier alpha value is -0.870. The van der Waals surface area contributed by atoms with Crippen LogP contribution in [0, 0.1) is 0 Å². The van der Waals surface area contributed by atoms with E-state index in [1.54, 1.807) is 13.1 Å². The quantitative estimate of drug-likeness (QED) is 0.829. The third-order valence-electron chi connectivity index (χ3n) is 2.28. The van der Waals surface area contributed by atoms with Crippen molar-refractivity contribution in [2.24, 2.45) is 0 Å². The normalized spacial score (nSPS) is 20.1. The number of hydrogen-bond acceptors (Lipinski definition) is 3. The lowest BCUT2D eigenvalue weighted by Crippen LogP contribution is -2.42. The maximum Gasteiger partial charge on any atom is 0.186 e. The highest BCUT2D eigenvalue weighted by molar-refractivity contribution is 9.10. The van der Waals surface area contributed by atoms with Crippen molar-refractivity contribution in [3.63, 3.8) is 0 Å². The van der Waals surface area contributed by atoms with Crippen LogP contribution in [0.3, 0.4) is 0 Å². The number of carbonyl (C=O) groups is 1. The van der Waals surface area contributed by atoms with Crippen molar-refractivity contribution in [3.8, 4) is 5.75 Å². The summed E-state index contributed by atoms with van der Waals surface area (Å²) < 4.78 is 6.39. The molecule has 1 N–H and O–H groups in total. The third kappa shape index (κ3) is 1.55. The molecule has 4 heteroatoms. The van der Waals surface area contributed by atoms with Gasteiger partial charge < -0.3 is 10.1 Å². The predicted molar refractivity (Wildman–Crippen MR) is 56.8 cm³/mol. The molecular formula is C10H10BrNO2. The molecule has 0 bridgehead atoms. The lowest BCUT2D eigenvalue weighted by Gasteiger charge is -2.23. The van der Waals surface area contributed by atoms with Crippen LogP contribution in [0.25, 0.3) is 0 Å². The Morgan fingerprint density at radius 3 is 3.07 bits per heavy atom. The van der Waals surface area contributed by atoms with E-state index in [1.807, 2.05) is 12.1 Å². The molecule has 0 saturated heterocycles. The minimum atomic E-state index is -0.219. The monoisotopic (exact) mass is 255 g/mol. The van der Waals surface area contributed by atoms with Crippen LogP contribution < -0.4 is 10.1 Å². The Morgan fingerprint density at radius 2 is 2.36 bits per heavy atom. The first-order chi connectivity index (χ1) is 6.72. The summed E-state index contributed by atoms with van der Waals surface area (Å²) in [6.07, 6.45) is 0. The molecule has 1 aliphatic heterocycles. The van der Waals surface area contributed by atoms with Gasteiger partial charge in [0.05, 0.1) is 5.56 Å². The van der Waals surface area contributed by atoms with Crippen LogP contribution in [0.2, 0.25) is 0 Å². The number of nitrogens with one attached hydrogen (secondary N) is 1. The molecule has 1 heterocycles. The van der Waals surface area contributed by atoms with Gasteiger partial charge in [0, 0.05) is 4.47 Å². The lowest BCUT2D eigenvalue weighted by molar-refractivity contribution is 0.0877. The number of rotatable bonds is 1. The number of fused-ring (bicyclic) bond motifs is 1. The summed E-state index contributed by atoms with van der Waals surface area (Å²) in [5.41, 5.74) is 0.652. The van der Waals surface area contributed by atoms with Gasteiger partial charge in [-0.2, -0.15) is 0 Å². The number of carbonyl (C=O) groups excluding carboxylic acids is 1. The highest BCUT2D eigenvalue weighted by atomic mass is 79.9. The highest BCUT2D eigenvalue weighted by Gasteiger charge is 2.27. The summed E-state index contributed by atoms with van der Waals surface area (Å²) in [6, 6.07) is 5.23. The van der Waals surface area contributed by atoms with Crippen molar-refractivity contribution in [3.05, 3.63) is 28.2 Å². The first kappa shape index (κ1) is 9.68. The summed E-state index contributed by atoms with van der Waals surface area (Å²) in [4.78, 5) is 11.8. The summed E-state index contributed by atoms with van der Waals surface area (Å²) in [5.74, 6) is 0.761. The summed E-state index contributed by atoms with van der Waals surface area (Å²) in [7, 11) is 1.76. The van der Waals surface area contributed by atoms with E-state index >= 15 is 0 Å². The Morgan fingerprint density at radius 1 is 1.57 bits per heavy atom. The molecule has 0 radical (unpaired) electrons. The van der Waals surface area contributed by atoms with Crippen LogP contribution >= 0.6 is 15.9 Å². The number of Topliss-reactive ketones (excluding diaryl/α,β-unsaturated/α-hetero) is 1. The molecule has 74 valence electrons. The molecule has 14 heavy (non-hydrogen) atoms. The Balaban J connectivity index is 2.41. The molecule has 1 aromatic rings. The standard InChI is InChI=1S/C10H10BrNO2/c1-12-8-5-14-9-4-6(11)2-3-7(9)10(8)13/h2-4,8,12H,5H2,1H3. The molecule has 0 fully saturated rings. The predicted octanol–water partition coefficient (Wildman–Crippen LogP) is 1.61. The summed E-state index contributed by atoms with van der Waals surface area (Å²) >= 11 is 3.34. The van der Waals surface area contributed by atoms with E-state index in [4.69, 9.17) is 4.74 Å². The van der Waals surface area contributed by atoms with E-state index < -0.39 is 0 Å². The second-order valence-corrected chi connectivity index (χ2v) is 4.07. The molecular weight excluding hydrogens is 246 g/mol. The maximum atomic E-state index is 11.8. The van der Waals surface area contributed by atoms with Crippen molar-refractivity contribution in [1.29, 1.82) is 0 Å². The van der Waals surface area contributed by atoms with E-state index in [2.05, 4.69) is 21.2 Å². The molecule has 0 amide bonds. The number of halogens is 1. The minimum Gasteiger partial charge on any atom is -0.491 e. The highest BCUT2D eigenvalue weighted by Crippen LogP contribution is 2.27. The van der Waals surface area contributed by atoms with Gasteiger partial charge in [0.1, 0.15) is 18.4 Å². The SMILES string of the molecule is CNC1COc2cc(Br)ccc2C1=O. The van der Waals surface area contributed by atoms with Crippen molar-refractivity contribution in [2.45, 2.75) is 6.04 Å². The first-order valence-electron chi connectivity index (χ1n) is 4.36. The van der Waals surface area contributed by atoms with E-state index in [9.17, 15) is 4.79 Å². The summed E-state index contributed by atoms with van der Waals surface area (Å²) in [5, 5.41) is 2.92. The van der Waals surface area contributed by atoms with Gasteiger partial charge in [0.2, 0.25) is 0 Å². The smallest absolute Gasteiger partial charge is 0.186 e. The molecule has 1 unspecified atom stereocenters. The van der Waals surface area contributed by atoms with Crippen LogP contribution in [0.1, 0.15) is 10.4 Å². The topological polar surface area (TPSA) is 38.3 Å². The number of hydrogen-bond donors (Lipinski definition) is 1. The Kier molecular flexibility index (Phi) is 2.56. The van der Waals surface area contributed by atoms with Gasteiger partial charge >= 0.3 is 0 Å². The van der Waals surface area contributed by atoms with Gasteiger partial charge in [-0.1, -0.05) is 15.9 Å². The lowest BCUT2D eigenvalue weighted by atomic mass is 10.0. The average Bonchev–Trinajstić information content (AvgIpc) is 2.18. The average molecular weight is 256 g/mol. The molecule has 2 rings (SSSR count). The van der Waals surface area contributed by atoms with E-state index in [0.29, 0.717) is 17.9 Å². The molecule has 0 spiro atoms. The number of benzene rings is 1. The zero-order chi connectivity index (χ0) is 10.1. The van der Waals surface area contributed by atoms with Crippen LogP contribution in [-0.4, -0.2) is 25.5 Å². The van der Waals surface area contributed by atoms with Crippen molar-refractivity contribution in [1.82, 2.24) is 5.32 Å². The fraction of sp³-hybridized carbons (Fsp3) is 0.300. The largest absolute Gasteiger partial charge is 0.491 e. The number of ketones is 1. The Labute approximate surface area is 90.6 Å². The zero-order valence-electron chi connectivity index (χ0n) is 7.71. The van der Waals surface area contributed by atoms with Gasteiger partial charge in [-0.05, 0) is 25.2 Å². The number of ether oxygens (including phenoxy) is 1. The van der Waals surface area contributed by atoms with Gasteiger partial charge in [-0.25, -0.2) is 0 Å². The third-order valence-corrected chi connectivity index (χ3v) is 2.77. The molecule has 1 atom stereocenters. The first-order valence-corrected chi connectivity index (χ1v) is 5.15. The van der Waals surface area contributed by atoms with E-state index in [0.717, 1.165) is 4.47 Å². The van der Waals surface area contributed by atoms with Gasteiger partial charge in [-0.15, -0.1) is 0 Å². The van der Waals surface area contributed by atoms with Crippen LogP contribution in [-0.2, 0) is 0 Å². The summed E-state index contributed by atoms with van der Waals surface area (Å²) in [6.45, 7) is 0.402. The van der Waals surface area contributed by atoms with Crippen molar-refractivity contribution < 1.29 is 9.53 Å². The molecule has 0 aromatic heterocycles. The van der Waals surface area contributed by atoms with E-state index in [-0.39, 0.29) is 11.8 Å². The maximum absolute atomic E-state index is 11.8. The fourth-order valence-electron chi connectivity index (χ4n) is 1.47. The van der Waals surface area contributed by atoms with Crippen LogP contribution in [0.4, 0.5) is 0 Å². The number of likely N-dealkylation sites (N-methyl/N-ethyl adjacent to an activating group) is 1. The van der Waals surface area contributed by atoms with Gasteiger partial charge in [0.25, 0.3) is 0 Å². The van der Waals surface area contributed by atoms with Crippen molar-refractivity contribution in [2.75, 3.05) is 13.7 Å². The fourth-order valence-corrected chi connectivity index (χ4v) is 1.81. The molecule has 0 saturated carbocycles. The molecule has 3 nitrogen and oxygen atoms in total. The van der Waals surface area contributed by atoms with Crippen LogP contribution in [0.5, 0.6) is 5.75 Å². The van der Waals surface area contributed by atoms with E-state index in [1.165, 1.54) is 0 Å². The van der Waals surface area contributed by atoms with Gasteiger partial charge in [-0.3, -0.25) is 4.79 Å². The second-order valence-electron chi connectivity index (χ2n) is 3.16. The van der Waals surface area contributed by atoms with Gasteiger partial charge in [0.15, 0.2) is 5.78 Å². The zero-order valence-corrected chi connectivity index (χ0v) is 9.30. The minimum absolute atomic E-state index is 0.0984. The van der Waals surface area contributed by atoms with Crippen LogP contribution in [0.15, 0.2) is 22.7 Å². The molecule has 0 aliphatic carbocycles. The Bertz CT molecular complexity index is 378. The molecule has 1 aliphatic rings.